The smallest absolute Gasteiger partial charge is 0.408 e. The summed E-state index contributed by atoms with van der Waals surface area (Å²) in [7, 11) is 0. The molecule has 5 nitrogen and oxygen atoms in total. The first-order valence-corrected chi connectivity index (χ1v) is 6.31. The standard InChI is InChI=1S/C14H17NO4/c1-9-7-8-11(13(16)17)12(15(9)14(18)19)10-5-3-2-4-6-10/h2-6,9,11-12H,7-8H2,1H3,(H,16,17)(H,18,19). The van der Waals surface area contributed by atoms with Gasteiger partial charge in [0.25, 0.3) is 0 Å². The summed E-state index contributed by atoms with van der Waals surface area (Å²) in [6, 6.07) is 8.22. The zero-order valence-corrected chi connectivity index (χ0v) is 10.7. The molecule has 5 heteroatoms. The number of aliphatic carboxylic acids is 1. The zero-order chi connectivity index (χ0) is 14.0. The summed E-state index contributed by atoms with van der Waals surface area (Å²) in [4.78, 5) is 24.1. The molecule has 19 heavy (non-hydrogen) atoms. The molecule has 2 rings (SSSR count). The third kappa shape index (κ3) is 2.54. The van der Waals surface area contributed by atoms with E-state index in [1.165, 1.54) is 4.90 Å². The molecule has 1 aromatic rings. The average Bonchev–Trinajstić information content (AvgIpc) is 2.38. The molecule has 0 aromatic heterocycles. The minimum absolute atomic E-state index is 0.168. The molecule has 1 saturated heterocycles. The highest BCUT2D eigenvalue weighted by molar-refractivity contribution is 5.74. The Balaban J connectivity index is 2.44. The number of hydrogen-bond acceptors (Lipinski definition) is 2. The highest BCUT2D eigenvalue weighted by atomic mass is 16.4. The van der Waals surface area contributed by atoms with E-state index in [0.717, 1.165) is 5.56 Å². The van der Waals surface area contributed by atoms with Crippen LogP contribution in [0.15, 0.2) is 30.3 Å². The van der Waals surface area contributed by atoms with Gasteiger partial charge in [0.1, 0.15) is 0 Å². The number of rotatable bonds is 2. The topological polar surface area (TPSA) is 77.8 Å². The van der Waals surface area contributed by atoms with Gasteiger partial charge in [0.2, 0.25) is 0 Å². The first-order valence-electron chi connectivity index (χ1n) is 6.31. The van der Waals surface area contributed by atoms with Gasteiger partial charge in [-0.05, 0) is 25.3 Å². The number of carboxylic acids is 1. The maximum absolute atomic E-state index is 11.4. The molecule has 1 aliphatic heterocycles. The lowest BCUT2D eigenvalue weighted by Crippen LogP contribution is -2.49. The fraction of sp³-hybridized carbons (Fsp3) is 0.429. The second-order valence-corrected chi connectivity index (χ2v) is 4.92. The third-order valence-corrected chi connectivity index (χ3v) is 3.73. The summed E-state index contributed by atoms with van der Waals surface area (Å²) < 4.78 is 0. The van der Waals surface area contributed by atoms with Crippen LogP contribution in [0.4, 0.5) is 4.79 Å². The highest BCUT2D eigenvalue weighted by Gasteiger charge is 2.42. The van der Waals surface area contributed by atoms with Crippen molar-refractivity contribution in [3.05, 3.63) is 35.9 Å². The second kappa shape index (κ2) is 5.30. The summed E-state index contributed by atoms with van der Waals surface area (Å²) in [5.74, 6) is -1.62. The Morgan fingerprint density at radius 2 is 1.79 bits per heavy atom. The average molecular weight is 263 g/mol. The van der Waals surface area contributed by atoms with Crippen LogP contribution in [0.1, 0.15) is 31.4 Å². The Morgan fingerprint density at radius 3 is 2.32 bits per heavy atom. The number of benzene rings is 1. The molecule has 0 bridgehead atoms. The van der Waals surface area contributed by atoms with Crippen molar-refractivity contribution in [3.8, 4) is 0 Å². The van der Waals surface area contributed by atoms with Gasteiger partial charge in [-0.15, -0.1) is 0 Å². The predicted octanol–water partition coefficient (Wildman–Crippen LogP) is 2.59. The fourth-order valence-electron chi connectivity index (χ4n) is 2.79. The van der Waals surface area contributed by atoms with Gasteiger partial charge in [-0.1, -0.05) is 30.3 Å². The number of hydrogen-bond donors (Lipinski definition) is 2. The van der Waals surface area contributed by atoms with E-state index < -0.39 is 24.0 Å². The van der Waals surface area contributed by atoms with E-state index in [1.807, 2.05) is 13.0 Å². The van der Waals surface area contributed by atoms with Gasteiger partial charge in [-0.25, -0.2) is 4.79 Å². The quantitative estimate of drug-likeness (QED) is 0.859. The van der Waals surface area contributed by atoms with Crippen LogP contribution in [-0.2, 0) is 4.79 Å². The van der Waals surface area contributed by atoms with Crippen LogP contribution in [0.5, 0.6) is 0 Å². The van der Waals surface area contributed by atoms with Gasteiger partial charge in [0.05, 0.1) is 12.0 Å². The van der Waals surface area contributed by atoms with Crippen LogP contribution >= 0.6 is 0 Å². The minimum atomic E-state index is -1.06. The number of piperidine rings is 1. The molecule has 2 N–H and O–H groups in total. The van der Waals surface area contributed by atoms with Crippen molar-refractivity contribution in [3.63, 3.8) is 0 Å². The van der Waals surface area contributed by atoms with Crippen molar-refractivity contribution >= 4 is 12.1 Å². The molecular formula is C14H17NO4. The summed E-state index contributed by atoms with van der Waals surface area (Å²) in [5, 5.41) is 18.7. The molecule has 0 saturated carbocycles. The van der Waals surface area contributed by atoms with Gasteiger partial charge in [0.15, 0.2) is 0 Å². The van der Waals surface area contributed by atoms with E-state index in [2.05, 4.69) is 0 Å². The Kier molecular flexibility index (Phi) is 3.74. The minimum Gasteiger partial charge on any atom is -0.481 e. The normalized spacial score (nSPS) is 27.0. The van der Waals surface area contributed by atoms with Crippen molar-refractivity contribution in [2.75, 3.05) is 0 Å². The van der Waals surface area contributed by atoms with Crippen molar-refractivity contribution in [1.82, 2.24) is 4.90 Å². The number of amides is 1. The molecule has 1 fully saturated rings. The van der Waals surface area contributed by atoms with Crippen LogP contribution in [0.3, 0.4) is 0 Å². The van der Waals surface area contributed by atoms with E-state index in [4.69, 9.17) is 0 Å². The van der Waals surface area contributed by atoms with Crippen molar-refractivity contribution in [2.45, 2.75) is 31.8 Å². The fourth-order valence-corrected chi connectivity index (χ4v) is 2.79. The molecule has 1 heterocycles. The van der Waals surface area contributed by atoms with Gasteiger partial charge in [-0.2, -0.15) is 0 Å². The maximum atomic E-state index is 11.4. The summed E-state index contributed by atoms with van der Waals surface area (Å²) in [6.07, 6.45) is 0.0132. The molecule has 0 spiro atoms. The number of likely N-dealkylation sites (tertiary alicyclic amines) is 1. The van der Waals surface area contributed by atoms with Crippen LogP contribution in [0, 0.1) is 5.92 Å². The molecule has 3 unspecified atom stereocenters. The monoisotopic (exact) mass is 263 g/mol. The molecule has 1 amide bonds. The van der Waals surface area contributed by atoms with E-state index in [9.17, 15) is 19.8 Å². The van der Waals surface area contributed by atoms with Gasteiger partial charge in [0, 0.05) is 6.04 Å². The number of carboxylic acid groups (broad SMARTS) is 2. The predicted molar refractivity (Wildman–Crippen MR) is 68.9 cm³/mol. The Labute approximate surface area is 111 Å². The first kappa shape index (κ1) is 13.4. The molecule has 3 atom stereocenters. The third-order valence-electron chi connectivity index (χ3n) is 3.73. The molecule has 0 radical (unpaired) electrons. The lowest BCUT2D eigenvalue weighted by atomic mass is 9.82. The highest BCUT2D eigenvalue weighted by Crippen LogP contribution is 2.39. The first-order chi connectivity index (χ1) is 9.02. The molecular weight excluding hydrogens is 246 g/mol. The van der Waals surface area contributed by atoms with Crippen LogP contribution in [0.25, 0.3) is 0 Å². The van der Waals surface area contributed by atoms with Gasteiger partial charge in [-0.3, -0.25) is 9.69 Å². The van der Waals surface area contributed by atoms with Crippen molar-refractivity contribution in [1.29, 1.82) is 0 Å². The van der Waals surface area contributed by atoms with E-state index >= 15 is 0 Å². The second-order valence-electron chi connectivity index (χ2n) is 4.92. The van der Waals surface area contributed by atoms with Crippen LogP contribution in [-0.4, -0.2) is 33.2 Å². The van der Waals surface area contributed by atoms with Crippen LogP contribution < -0.4 is 0 Å². The maximum Gasteiger partial charge on any atom is 0.408 e. The summed E-state index contributed by atoms with van der Waals surface area (Å²) in [6.45, 7) is 1.82. The summed E-state index contributed by atoms with van der Waals surface area (Å²) >= 11 is 0. The zero-order valence-electron chi connectivity index (χ0n) is 10.7. The lowest BCUT2D eigenvalue weighted by molar-refractivity contribution is -0.146. The van der Waals surface area contributed by atoms with Gasteiger partial charge >= 0.3 is 12.1 Å². The largest absolute Gasteiger partial charge is 0.481 e. The molecule has 102 valence electrons. The van der Waals surface area contributed by atoms with Gasteiger partial charge < -0.3 is 10.2 Å². The van der Waals surface area contributed by atoms with Crippen molar-refractivity contribution in [2.24, 2.45) is 5.92 Å². The Bertz CT molecular complexity index is 474. The van der Waals surface area contributed by atoms with E-state index in [0.29, 0.717) is 12.8 Å². The summed E-state index contributed by atoms with van der Waals surface area (Å²) in [5.41, 5.74) is 0.740. The molecule has 0 aliphatic carbocycles. The van der Waals surface area contributed by atoms with Crippen LogP contribution in [0.2, 0.25) is 0 Å². The SMILES string of the molecule is CC1CCC(C(=O)O)C(c2ccccc2)N1C(=O)O. The molecule has 1 aromatic carbocycles. The van der Waals surface area contributed by atoms with Crippen molar-refractivity contribution < 1.29 is 19.8 Å². The Hall–Kier alpha value is -2.04. The number of carbonyl (C=O) groups is 2. The van der Waals surface area contributed by atoms with E-state index in [-0.39, 0.29) is 6.04 Å². The molecule has 1 aliphatic rings. The number of nitrogens with zero attached hydrogens (tertiary/aromatic N) is 1. The van der Waals surface area contributed by atoms with E-state index in [1.54, 1.807) is 24.3 Å². The lowest BCUT2D eigenvalue weighted by Gasteiger charge is -2.42. The Morgan fingerprint density at radius 1 is 1.16 bits per heavy atom.